The minimum atomic E-state index is 0.0318. The maximum Gasteiger partial charge on any atom is 0.223 e. The number of ether oxygens (including phenoxy) is 1. The smallest absolute Gasteiger partial charge is 0.223 e. The van der Waals surface area contributed by atoms with Crippen LogP contribution in [0.3, 0.4) is 0 Å². The van der Waals surface area contributed by atoms with Crippen LogP contribution in [-0.4, -0.2) is 41.3 Å². The number of amides is 1. The molecule has 0 bridgehead atoms. The summed E-state index contributed by atoms with van der Waals surface area (Å²) >= 11 is 0. The van der Waals surface area contributed by atoms with E-state index in [9.17, 15) is 9.90 Å². The van der Waals surface area contributed by atoms with Gasteiger partial charge in [-0.25, -0.2) is 0 Å². The third-order valence-electron chi connectivity index (χ3n) is 3.17. The van der Waals surface area contributed by atoms with Crippen molar-refractivity contribution in [2.45, 2.75) is 13.0 Å². The van der Waals surface area contributed by atoms with Crippen molar-refractivity contribution in [1.82, 2.24) is 4.90 Å². The Hall–Kier alpha value is -1.75. The number of aliphatic hydroxyl groups is 1. The SMILES string of the molecule is COc1ccc(CN2CC(CO)CC2=O)cc1O. The van der Waals surface area contributed by atoms with Crippen LogP contribution in [0.1, 0.15) is 12.0 Å². The summed E-state index contributed by atoms with van der Waals surface area (Å²) in [7, 11) is 1.49. The van der Waals surface area contributed by atoms with E-state index in [4.69, 9.17) is 9.84 Å². The Bertz CT molecular complexity index is 447. The maximum absolute atomic E-state index is 11.7. The molecule has 1 aromatic rings. The highest BCUT2D eigenvalue weighted by Gasteiger charge is 2.28. The summed E-state index contributed by atoms with van der Waals surface area (Å²) in [5, 5.41) is 18.7. The summed E-state index contributed by atoms with van der Waals surface area (Å²) in [6, 6.07) is 5.09. The van der Waals surface area contributed by atoms with E-state index in [0.29, 0.717) is 25.3 Å². The summed E-state index contributed by atoms with van der Waals surface area (Å²) in [5.74, 6) is 0.564. The zero-order chi connectivity index (χ0) is 13.1. The second kappa shape index (κ2) is 5.27. The molecule has 2 rings (SSSR count). The summed E-state index contributed by atoms with van der Waals surface area (Å²) in [6.45, 7) is 1.06. The second-order valence-electron chi connectivity index (χ2n) is 4.53. The molecule has 1 fully saturated rings. The van der Waals surface area contributed by atoms with Crippen molar-refractivity contribution in [3.63, 3.8) is 0 Å². The molecule has 1 aliphatic heterocycles. The Morgan fingerprint density at radius 2 is 2.28 bits per heavy atom. The first kappa shape index (κ1) is 12.7. The van der Waals surface area contributed by atoms with E-state index >= 15 is 0 Å². The molecule has 0 saturated carbocycles. The largest absolute Gasteiger partial charge is 0.504 e. The number of nitrogens with zero attached hydrogens (tertiary/aromatic N) is 1. The summed E-state index contributed by atoms with van der Waals surface area (Å²) in [6.07, 6.45) is 0.401. The highest BCUT2D eigenvalue weighted by atomic mass is 16.5. The molecule has 5 heteroatoms. The number of likely N-dealkylation sites (tertiary alicyclic amines) is 1. The summed E-state index contributed by atoms with van der Waals surface area (Å²) in [4.78, 5) is 13.4. The fraction of sp³-hybridized carbons (Fsp3) is 0.462. The fourth-order valence-corrected chi connectivity index (χ4v) is 2.18. The second-order valence-corrected chi connectivity index (χ2v) is 4.53. The monoisotopic (exact) mass is 251 g/mol. The van der Waals surface area contributed by atoms with Gasteiger partial charge in [-0.05, 0) is 17.7 Å². The molecule has 0 spiro atoms. The van der Waals surface area contributed by atoms with E-state index in [1.54, 1.807) is 17.0 Å². The van der Waals surface area contributed by atoms with E-state index in [1.807, 2.05) is 6.07 Å². The van der Waals surface area contributed by atoms with Gasteiger partial charge in [0, 0.05) is 32.0 Å². The molecule has 1 amide bonds. The third-order valence-corrected chi connectivity index (χ3v) is 3.17. The topological polar surface area (TPSA) is 70.0 Å². The number of hydrogen-bond donors (Lipinski definition) is 2. The zero-order valence-electron chi connectivity index (χ0n) is 10.3. The number of carbonyl (C=O) groups is 1. The van der Waals surface area contributed by atoms with Gasteiger partial charge < -0.3 is 19.8 Å². The number of aromatic hydroxyl groups is 1. The number of benzene rings is 1. The van der Waals surface area contributed by atoms with Crippen LogP contribution in [0.5, 0.6) is 11.5 Å². The number of aliphatic hydroxyl groups excluding tert-OH is 1. The van der Waals surface area contributed by atoms with Gasteiger partial charge in [0.25, 0.3) is 0 Å². The molecule has 2 N–H and O–H groups in total. The lowest BCUT2D eigenvalue weighted by molar-refractivity contribution is -0.128. The molecule has 0 radical (unpaired) electrons. The highest BCUT2D eigenvalue weighted by molar-refractivity contribution is 5.78. The van der Waals surface area contributed by atoms with Crippen LogP contribution in [-0.2, 0) is 11.3 Å². The van der Waals surface area contributed by atoms with Crippen molar-refractivity contribution >= 4 is 5.91 Å². The predicted octanol–water partition coefficient (Wildman–Crippen LogP) is 0.742. The average Bonchev–Trinajstić information content (AvgIpc) is 2.70. The molecule has 0 aliphatic carbocycles. The molecule has 18 heavy (non-hydrogen) atoms. The van der Waals surface area contributed by atoms with Crippen molar-refractivity contribution in [1.29, 1.82) is 0 Å². The van der Waals surface area contributed by atoms with Gasteiger partial charge in [-0.15, -0.1) is 0 Å². The number of hydrogen-bond acceptors (Lipinski definition) is 4. The summed E-state index contributed by atoms with van der Waals surface area (Å²) < 4.78 is 4.96. The van der Waals surface area contributed by atoms with Crippen molar-refractivity contribution in [3.05, 3.63) is 23.8 Å². The molecule has 1 aliphatic rings. The average molecular weight is 251 g/mol. The van der Waals surface area contributed by atoms with Gasteiger partial charge in [0.05, 0.1) is 7.11 Å². The normalized spacial score (nSPS) is 19.3. The number of phenols is 1. The number of carbonyl (C=O) groups excluding carboxylic acids is 1. The van der Waals surface area contributed by atoms with Crippen LogP contribution in [0.15, 0.2) is 18.2 Å². The van der Waals surface area contributed by atoms with Crippen LogP contribution >= 0.6 is 0 Å². The molecule has 0 aromatic heterocycles. The van der Waals surface area contributed by atoms with Gasteiger partial charge in [-0.2, -0.15) is 0 Å². The highest BCUT2D eigenvalue weighted by Crippen LogP contribution is 2.28. The van der Waals surface area contributed by atoms with E-state index in [1.165, 1.54) is 7.11 Å². The van der Waals surface area contributed by atoms with Crippen molar-refractivity contribution in [3.8, 4) is 11.5 Å². The van der Waals surface area contributed by atoms with E-state index < -0.39 is 0 Å². The Kier molecular flexibility index (Phi) is 3.72. The van der Waals surface area contributed by atoms with Crippen LogP contribution < -0.4 is 4.74 Å². The summed E-state index contributed by atoms with van der Waals surface area (Å²) in [5.41, 5.74) is 0.847. The Labute approximate surface area is 106 Å². The predicted molar refractivity (Wildman–Crippen MR) is 65.3 cm³/mol. The lowest BCUT2D eigenvalue weighted by Crippen LogP contribution is -2.24. The van der Waals surface area contributed by atoms with Gasteiger partial charge in [-0.1, -0.05) is 6.07 Å². The van der Waals surface area contributed by atoms with Crippen LogP contribution in [0.4, 0.5) is 0 Å². The number of methoxy groups -OCH3 is 1. The third kappa shape index (κ3) is 2.56. The molecule has 1 unspecified atom stereocenters. The lowest BCUT2D eigenvalue weighted by atomic mass is 10.1. The fourth-order valence-electron chi connectivity index (χ4n) is 2.18. The molecule has 98 valence electrons. The first-order chi connectivity index (χ1) is 8.63. The molecular formula is C13H17NO4. The van der Waals surface area contributed by atoms with E-state index in [0.717, 1.165) is 5.56 Å². The Morgan fingerprint density at radius 3 is 2.83 bits per heavy atom. The van der Waals surface area contributed by atoms with Gasteiger partial charge in [-0.3, -0.25) is 4.79 Å². The number of rotatable bonds is 4. The standard InChI is InChI=1S/C13H17NO4/c1-18-12-3-2-9(4-11(12)16)6-14-7-10(8-15)5-13(14)17/h2-4,10,15-16H,5-8H2,1H3. The molecule has 1 heterocycles. The minimum Gasteiger partial charge on any atom is -0.504 e. The van der Waals surface area contributed by atoms with Crippen molar-refractivity contribution < 1.29 is 19.7 Å². The number of phenolic OH excluding ortho intramolecular Hbond substituents is 1. The van der Waals surface area contributed by atoms with Crippen LogP contribution in [0.25, 0.3) is 0 Å². The zero-order valence-corrected chi connectivity index (χ0v) is 10.3. The Balaban J connectivity index is 2.06. The van der Waals surface area contributed by atoms with E-state index in [2.05, 4.69) is 0 Å². The minimum absolute atomic E-state index is 0.0318. The first-order valence-electron chi connectivity index (χ1n) is 5.88. The molecule has 1 saturated heterocycles. The lowest BCUT2D eigenvalue weighted by Gasteiger charge is -2.17. The maximum atomic E-state index is 11.7. The van der Waals surface area contributed by atoms with Gasteiger partial charge in [0.15, 0.2) is 11.5 Å². The Morgan fingerprint density at radius 1 is 1.50 bits per heavy atom. The van der Waals surface area contributed by atoms with Crippen LogP contribution in [0.2, 0.25) is 0 Å². The molecular weight excluding hydrogens is 234 g/mol. The van der Waals surface area contributed by atoms with Gasteiger partial charge in [0.2, 0.25) is 5.91 Å². The molecule has 1 atom stereocenters. The van der Waals surface area contributed by atoms with Crippen molar-refractivity contribution in [2.75, 3.05) is 20.3 Å². The van der Waals surface area contributed by atoms with Crippen molar-refractivity contribution in [2.24, 2.45) is 5.92 Å². The first-order valence-corrected chi connectivity index (χ1v) is 5.88. The molecule has 5 nitrogen and oxygen atoms in total. The van der Waals surface area contributed by atoms with E-state index in [-0.39, 0.29) is 24.2 Å². The van der Waals surface area contributed by atoms with Gasteiger partial charge >= 0.3 is 0 Å². The molecule has 1 aromatic carbocycles. The van der Waals surface area contributed by atoms with Gasteiger partial charge in [0.1, 0.15) is 0 Å². The van der Waals surface area contributed by atoms with Crippen LogP contribution in [0, 0.1) is 5.92 Å². The quantitative estimate of drug-likeness (QED) is 0.828.